The van der Waals surface area contributed by atoms with Crippen molar-refractivity contribution in [2.45, 2.75) is 6.42 Å². The van der Waals surface area contributed by atoms with E-state index in [1.54, 1.807) is 12.1 Å². The molecule has 2 aromatic carbocycles. The Kier molecular flexibility index (Phi) is 5.69. The molecule has 0 heterocycles. The van der Waals surface area contributed by atoms with Crippen LogP contribution in [0.2, 0.25) is 5.02 Å². The topological polar surface area (TPSA) is 47.6 Å². The van der Waals surface area contributed by atoms with Gasteiger partial charge >= 0.3 is 0 Å². The molecule has 0 aliphatic rings. The van der Waals surface area contributed by atoms with Crippen LogP contribution >= 0.6 is 27.5 Å². The zero-order valence-electron chi connectivity index (χ0n) is 12.2. The average Bonchev–Trinajstić information content (AvgIpc) is 2.50. The number of methoxy groups -OCH3 is 2. The number of hydrogen-bond acceptors (Lipinski definition) is 3. The van der Waals surface area contributed by atoms with Crippen LogP contribution in [0.25, 0.3) is 0 Å². The van der Waals surface area contributed by atoms with Crippen LogP contribution < -0.4 is 14.8 Å². The Labute approximate surface area is 142 Å². The zero-order chi connectivity index (χ0) is 16.1. The maximum atomic E-state index is 12.2. The average molecular weight is 385 g/mol. The van der Waals surface area contributed by atoms with Crippen molar-refractivity contribution < 1.29 is 14.3 Å². The fraction of sp³-hybridized carbons (Fsp3) is 0.188. The Morgan fingerprint density at radius 1 is 1.14 bits per heavy atom. The number of carbonyl (C=O) groups excluding carboxylic acids is 1. The number of anilines is 1. The fourth-order valence-corrected chi connectivity index (χ4v) is 2.44. The standard InChI is InChI=1S/C16H15BrClNO3/c1-21-14-9-13(15(22-2)8-12(14)18)19-16(20)7-10-3-5-11(17)6-4-10/h3-6,8-9H,7H2,1-2H3,(H,19,20). The summed E-state index contributed by atoms with van der Waals surface area (Å²) in [6.07, 6.45) is 0.265. The number of nitrogens with one attached hydrogen (secondary N) is 1. The van der Waals surface area contributed by atoms with E-state index in [4.69, 9.17) is 21.1 Å². The van der Waals surface area contributed by atoms with E-state index in [1.807, 2.05) is 24.3 Å². The minimum absolute atomic E-state index is 0.148. The first-order valence-corrected chi connectivity index (χ1v) is 7.66. The third-order valence-corrected chi connectivity index (χ3v) is 3.85. The van der Waals surface area contributed by atoms with Crippen LogP contribution in [0, 0.1) is 0 Å². The van der Waals surface area contributed by atoms with Gasteiger partial charge in [0.05, 0.1) is 31.4 Å². The van der Waals surface area contributed by atoms with Gasteiger partial charge in [-0.3, -0.25) is 4.79 Å². The molecule has 0 radical (unpaired) electrons. The molecule has 0 aliphatic heterocycles. The van der Waals surface area contributed by atoms with Crippen molar-refractivity contribution in [3.63, 3.8) is 0 Å². The van der Waals surface area contributed by atoms with E-state index in [9.17, 15) is 4.79 Å². The largest absolute Gasteiger partial charge is 0.495 e. The first kappa shape index (κ1) is 16.6. The van der Waals surface area contributed by atoms with Crippen LogP contribution in [0.15, 0.2) is 40.9 Å². The lowest BCUT2D eigenvalue weighted by molar-refractivity contribution is -0.115. The normalized spacial score (nSPS) is 10.2. The van der Waals surface area contributed by atoms with Crippen LogP contribution in [0.5, 0.6) is 11.5 Å². The highest BCUT2D eigenvalue weighted by molar-refractivity contribution is 9.10. The van der Waals surface area contributed by atoms with Crippen LogP contribution in [0.3, 0.4) is 0 Å². The summed E-state index contributed by atoms with van der Waals surface area (Å²) in [4.78, 5) is 12.2. The number of ether oxygens (including phenoxy) is 2. The van der Waals surface area contributed by atoms with E-state index in [1.165, 1.54) is 14.2 Å². The van der Waals surface area contributed by atoms with Crippen LogP contribution in [-0.2, 0) is 11.2 Å². The van der Waals surface area contributed by atoms with Gasteiger partial charge < -0.3 is 14.8 Å². The molecule has 0 atom stereocenters. The van der Waals surface area contributed by atoms with E-state index in [2.05, 4.69) is 21.2 Å². The minimum Gasteiger partial charge on any atom is -0.495 e. The fourth-order valence-electron chi connectivity index (χ4n) is 1.94. The highest BCUT2D eigenvalue weighted by atomic mass is 79.9. The summed E-state index contributed by atoms with van der Waals surface area (Å²) in [5.41, 5.74) is 1.44. The third-order valence-electron chi connectivity index (χ3n) is 3.03. The smallest absolute Gasteiger partial charge is 0.228 e. The predicted octanol–water partition coefficient (Wildman–Crippen LogP) is 4.30. The summed E-state index contributed by atoms with van der Waals surface area (Å²) in [6.45, 7) is 0. The van der Waals surface area contributed by atoms with Gasteiger partial charge in [0.2, 0.25) is 5.91 Å². The molecule has 0 fully saturated rings. The van der Waals surface area contributed by atoms with E-state index < -0.39 is 0 Å². The lowest BCUT2D eigenvalue weighted by Crippen LogP contribution is -2.15. The van der Waals surface area contributed by atoms with Gasteiger partial charge in [0.25, 0.3) is 0 Å². The molecule has 0 saturated heterocycles. The summed E-state index contributed by atoms with van der Waals surface area (Å²) >= 11 is 9.40. The monoisotopic (exact) mass is 383 g/mol. The Balaban J connectivity index is 2.15. The molecule has 2 rings (SSSR count). The molecule has 0 aliphatic carbocycles. The second-order valence-corrected chi connectivity index (χ2v) is 5.86. The third kappa shape index (κ3) is 4.15. The molecule has 2 aromatic rings. The second kappa shape index (κ2) is 7.51. The number of amides is 1. The van der Waals surface area contributed by atoms with Gasteiger partial charge in [0.15, 0.2) is 0 Å². The van der Waals surface area contributed by atoms with Gasteiger partial charge in [-0.15, -0.1) is 0 Å². The van der Waals surface area contributed by atoms with Crippen molar-refractivity contribution in [2.75, 3.05) is 19.5 Å². The molecular formula is C16H15BrClNO3. The molecule has 1 N–H and O–H groups in total. The number of benzene rings is 2. The van der Waals surface area contributed by atoms with Crippen molar-refractivity contribution in [3.05, 3.63) is 51.5 Å². The molecule has 22 heavy (non-hydrogen) atoms. The summed E-state index contributed by atoms with van der Waals surface area (Å²) in [5, 5.41) is 3.23. The molecule has 0 bridgehead atoms. The summed E-state index contributed by atoms with van der Waals surface area (Å²) in [7, 11) is 3.03. The van der Waals surface area contributed by atoms with E-state index in [0.717, 1.165) is 10.0 Å². The van der Waals surface area contributed by atoms with Gasteiger partial charge in [-0.25, -0.2) is 0 Å². The lowest BCUT2D eigenvalue weighted by Gasteiger charge is -2.13. The number of rotatable bonds is 5. The number of halogens is 2. The molecule has 4 nitrogen and oxygen atoms in total. The lowest BCUT2D eigenvalue weighted by atomic mass is 10.1. The Morgan fingerprint density at radius 2 is 1.77 bits per heavy atom. The van der Waals surface area contributed by atoms with Crippen molar-refractivity contribution in [1.82, 2.24) is 0 Å². The van der Waals surface area contributed by atoms with Crippen molar-refractivity contribution in [1.29, 1.82) is 0 Å². The van der Waals surface area contributed by atoms with Crippen LogP contribution in [0.1, 0.15) is 5.56 Å². The zero-order valence-corrected chi connectivity index (χ0v) is 14.5. The molecule has 0 unspecified atom stereocenters. The first-order chi connectivity index (χ1) is 10.5. The molecule has 0 spiro atoms. The molecule has 1 amide bonds. The Bertz CT molecular complexity index is 674. The molecule has 0 aromatic heterocycles. The molecule has 0 saturated carbocycles. The second-order valence-electron chi connectivity index (χ2n) is 4.54. The van der Waals surface area contributed by atoms with Crippen molar-refractivity contribution >= 4 is 39.1 Å². The number of hydrogen-bond donors (Lipinski definition) is 1. The van der Waals surface area contributed by atoms with E-state index in [-0.39, 0.29) is 12.3 Å². The first-order valence-electron chi connectivity index (χ1n) is 6.49. The van der Waals surface area contributed by atoms with E-state index >= 15 is 0 Å². The Hall–Kier alpha value is -1.72. The van der Waals surface area contributed by atoms with Crippen molar-refractivity contribution in [2.24, 2.45) is 0 Å². The quantitative estimate of drug-likeness (QED) is 0.836. The highest BCUT2D eigenvalue weighted by Crippen LogP contribution is 2.35. The maximum absolute atomic E-state index is 12.2. The van der Waals surface area contributed by atoms with Gasteiger partial charge in [-0.05, 0) is 17.7 Å². The summed E-state index contributed by atoms with van der Waals surface area (Å²) in [6, 6.07) is 10.8. The van der Waals surface area contributed by atoms with Gasteiger partial charge in [-0.2, -0.15) is 0 Å². The molecule has 6 heteroatoms. The molecular weight excluding hydrogens is 370 g/mol. The van der Waals surface area contributed by atoms with Crippen molar-refractivity contribution in [3.8, 4) is 11.5 Å². The SMILES string of the molecule is COc1cc(NC(=O)Cc2ccc(Br)cc2)c(OC)cc1Cl. The number of carbonyl (C=O) groups is 1. The van der Waals surface area contributed by atoms with Gasteiger partial charge in [0, 0.05) is 16.6 Å². The van der Waals surface area contributed by atoms with E-state index in [0.29, 0.717) is 22.2 Å². The van der Waals surface area contributed by atoms with Crippen LogP contribution in [-0.4, -0.2) is 20.1 Å². The minimum atomic E-state index is -0.148. The van der Waals surface area contributed by atoms with Crippen LogP contribution in [0.4, 0.5) is 5.69 Å². The Morgan fingerprint density at radius 3 is 2.36 bits per heavy atom. The summed E-state index contributed by atoms with van der Waals surface area (Å²) < 4.78 is 11.4. The predicted molar refractivity (Wildman–Crippen MR) is 91.0 cm³/mol. The van der Waals surface area contributed by atoms with Gasteiger partial charge in [0.1, 0.15) is 11.5 Å². The summed E-state index contributed by atoms with van der Waals surface area (Å²) in [5.74, 6) is 0.807. The maximum Gasteiger partial charge on any atom is 0.228 e. The highest BCUT2D eigenvalue weighted by Gasteiger charge is 2.13. The molecule has 116 valence electrons. The van der Waals surface area contributed by atoms with Gasteiger partial charge in [-0.1, -0.05) is 39.7 Å².